The molecule has 1 heterocycles. The molecule has 1 N–H and O–H groups in total. The number of hydrogen-bond donors (Lipinski definition) is 1. The van der Waals surface area contributed by atoms with Gasteiger partial charge in [-0.3, -0.25) is 4.90 Å². The van der Waals surface area contributed by atoms with E-state index in [1.165, 1.54) is 86.0 Å². The first-order chi connectivity index (χ1) is 14.8. The van der Waals surface area contributed by atoms with Gasteiger partial charge in [0.15, 0.2) is 0 Å². The van der Waals surface area contributed by atoms with Crippen LogP contribution in [0, 0.1) is 0 Å². The average molecular weight is 405 g/mol. The van der Waals surface area contributed by atoms with Gasteiger partial charge in [-0.15, -0.1) is 0 Å². The summed E-state index contributed by atoms with van der Waals surface area (Å²) < 4.78 is 2.34. The number of hydrogen-bond acceptors (Lipinski definition) is 2. The number of aliphatic hydroxyl groups excluding tert-OH is 1. The normalized spacial score (nSPS) is 20.3. The van der Waals surface area contributed by atoms with Crippen LogP contribution in [0.1, 0.15) is 64.2 Å². The molecular weight excluding hydrogens is 368 g/mol. The molecule has 0 bridgehead atoms. The molecule has 2 aliphatic carbocycles. The van der Waals surface area contributed by atoms with Crippen LogP contribution in [0.15, 0.2) is 48.5 Å². The van der Waals surface area contributed by atoms with Crippen LogP contribution in [-0.2, 0) is 6.54 Å². The van der Waals surface area contributed by atoms with Crippen molar-refractivity contribution in [3.8, 4) is 0 Å². The van der Waals surface area contributed by atoms with E-state index in [1.807, 2.05) is 0 Å². The highest BCUT2D eigenvalue weighted by molar-refractivity contribution is 6.07. The van der Waals surface area contributed by atoms with Gasteiger partial charge in [-0.2, -0.15) is 0 Å². The van der Waals surface area contributed by atoms with Gasteiger partial charge in [-0.1, -0.05) is 74.9 Å². The zero-order valence-electron chi connectivity index (χ0n) is 18.2. The molecule has 5 rings (SSSR count). The zero-order valence-corrected chi connectivity index (χ0v) is 18.2. The monoisotopic (exact) mass is 404 g/mol. The van der Waals surface area contributed by atoms with Gasteiger partial charge in [0.1, 0.15) is 0 Å². The Morgan fingerprint density at radius 2 is 1.20 bits per heavy atom. The average Bonchev–Trinajstić information content (AvgIpc) is 3.12. The van der Waals surface area contributed by atoms with Crippen molar-refractivity contribution in [2.24, 2.45) is 0 Å². The summed E-state index contributed by atoms with van der Waals surface area (Å²) in [5, 5.41) is 13.9. The number of aliphatic hydroxyl groups is 1. The maximum Gasteiger partial charge on any atom is 0.0846 e. The van der Waals surface area contributed by atoms with Gasteiger partial charge in [0.2, 0.25) is 0 Å². The molecule has 160 valence electrons. The second kappa shape index (κ2) is 9.11. The lowest BCUT2D eigenvalue weighted by molar-refractivity contribution is 0.0242. The van der Waals surface area contributed by atoms with Crippen molar-refractivity contribution in [2.45, 2.75) is 88.9 Å². The van der Waals surface area contributed by atoms with Crippen LogP contribution < -0.4 is 0 Å². The molecule has 2 saturated carbocycles. The summed E-state index contributed by atoms with van der Waals surface area (Å²) in [6, 6.07) is 18.6. The Labute approximate surface area is 180 Å². The standard InChI is InChI=1S/C27H36N2O/c30-23(19-28(21-11-3-1-4-12-21)22-13-5-2-6-14-22)20-29-26-17-9-7-15-24(26)25-16-8-10-18-27(25)29/h7-10,15-18,21-23,30H,1-6,11-14,19-20H2/t23-/m1/s1. The summed E-state index contributed by atoms with van der Waals surface area (Å²) in [5.41, 5.74) is 2.47. The van der Waals surface area contributed by atoms with Crippen molar-refractivity contribution in [3.63, 3.8) is 0 Å². The number of para-hydroxylation sites is 2. The fraction of sp³-hybridized carbons (Fsp3) is 0.556. The van der Waals surface area contributed by atoms with Gasteiger partial charge in [-0.05, 0) is 37.8 Å². The van der Waals surface area contributed by atoms with Crippen LogP contribution in [0.3, 0.4) is 0 Å². The summed E-state index contributed by atoms with van der Waals surface area (Å²) in [6.07, 6.45) is 13.1. The first-order valence-corrected chi connectivity index (χ1v) is 12.2. The minimum atomic E-state index is -0.340. The Balaban J connectivity index is 1.40. The Morgan fingerprint density at radius 1 is 0.733 bits per heavy atom. The van der Waals surface area contributed by atoms with Crippen LogP contribution in [0.25, 0.3) is 21.8 Å². The molecule has 0 saturated heterocycles. The lowest BCUT2D eigenvalue weighted by Crippen LogP contribution is -2.49. The summed E-state index contributed by atoms with van der Waals surface area (Å²) >= 11 is 0. The van der Waals surface area contributed by atoms with Gasteiger partial charge in [0.25, 0.3) is 0 Å². The van der Waals surface area contributed by atoms with Crippen LogP contribution in [-0.4, -0.2) is 39.3 Å². The van der Waals surface area contributed by atoms with Crippen molar-refractivity contribution >= 4 is 21.8 Å². The molecule has 30 heavy (non-hydrogen) atoms. The van der Waals surface area contributed by atoms with Crippen molar-refractivity contribution < 1.29 is 5.11 Å². The maximum absolute atomic E-state index is 11.3. The quantitative estimate of drug-likeness (QED) is 0.536. The number of rotatable bonds is 6. The predicted octanol–water partition coefficient (Wildman–Crippen LogP) is 6.12. The summed E-state index contributed by atoms with van der Waals surface area (Å²) in [5.74, 6) is 0. The van der Waals surface area contributed by atoms with E-state index in [4.69, 9.17) is 0 Å². The van der Waals surface area contributed by atoms with Crippen LogP contribution >= 0.6 is 0 Å². The molecule has 3 heteroatoms. The first kappa shape index (κ1) is 20.1. The van der Waals surface area contributed by atoms with E-state index in [1.54, 1.807) is 0 Å². The zero-order chi connectivity index (χ0) is 20.3. The van der Waals surface area contributed by atoms with E-state index >= 15 is 0 Å². The molecule has 2 fully saturated rings. The molecule has 2 aliphatic rings. The van der Waals surface area contributed by atoms with E-state index < -0.39 is 0 Å². The van der Waals surface area contributed by atoms with Gasteiger partial charge in [0.05, 0.1) is 12.6 Å². The van der Waals surface area contributed by atoms with Crippen LogP contribution in [0.5, 0.6) is 0 Å². The van der Waals surface area contributed by atoms with E-state index in [0.29, 0.717) is 18.6 Å². The Kier molecular flexibility index (Phi) is 6.10. The van der Waals surface area contributed by atoms with E-state index in [-0.39, 0.29) is 6.10 Å². The Hall–Kier alpha value is -1.84. The van der Waals surface area contributed by atoms with Crippen molar-refractivity contribution in [3.05, 3.63) is 48.5 Å². The molecule has 1 aromatic heterocycles. The highest BCUT2D eigenvalue weighted by Crippen LogP contribution is 2.32. The maximum atomic E-state index is 11.3. The molecule has 3 nitrogen and oxygen atoms in total. The molecule has 0 amide bonds. The number of nitrogens with zero attached hydrogens (tertiary/aromatic N) is 2. The molecular formula is C27H36N2O. The van der Waals surface area contributed by atoms with E-state index in [0.717, 1.165) is 6.54 Å². The van der Waals surface area contributed by atoms with Gasteiger partial charge >= 0.3 is 0 Å². The Bertz CT molecular complexity index is 894. The van der Waals surface area contributed by atoms with Crippen LogP contribution in [0.4, 0.5) is 0 Å². The fourth-order valence-corrected chi connectivity index (χ4v) is 6.13. The lowest BCUT2D eigenvalue weighted by atomic mass is 9.88. The predicted molar refractivity (Wildman–Crippen MR) is 126 cm³/mol. The summed E-state index contributed by atoms with van der Waals surface area (Å²) in [6.45, 7) is 1.49. The van der Waals surface area contributed by atoms with Gasteiger partial charge < -0.3 is 9.67 Å². The smallest absolute Gasteiger partial charge is 0.0846 e. The fourth-order valence-electron chi connectivity index (χ4n) is 6.13. The molecule has 3 aromatic rings. The lowest BCUT2D eigenvalue weighted by Gasteiger charge is -2.42. The molecule has 0 unspecified atom stereocenters. The summed E-state index contributed by atoms with van der Waals surface area (Å²) in [4.78, 5) is 2.73. The van der Waals surface area contributed by atoms with Gasteiger partial charge in [-0.25, -0.2) is 0 Å². The molecule has 1 atom stereocenters. The van der Waals surface area contributed by atoms with Gasteiger partial charge in [0, 0.05) is 40.4 Å². The van der Waals surface area contributed by atoms with Crippen LogP contribution in [0.2, 0.25) is 0 Å². The largest absolute Gasteiger partial charge is 0.390 e. The SMILES string of the molecule is O[C@H](CN(C1CCCCC1)C1CCCCC1)Cn1c2ccccc2c2ccccc21. The highest BCUT2D eigenvalue weighted by atomic mass is 16.3. The molecule has 0 aliphatic heterocycles. The third-order valence-corrected chi connectivity index (χ3v) is 7.58. The highest BCUT2D eigenvalue weighted by Gasteiger charge is 2.30. The van der Waals surface area contributed by atoms with Crippen molar-refractivity contribution in [1.82, 2.24) is 9.47 Å². The molecule has 0 radical (unpaired) electrons. The minimum absolute atomic E-state index is 0.340. The number of aromatic nitrogens is 1. The first-order valence-electron chi connectivity index (χ1n) is 12.2. The number of benzene rings is 2. The topological polar surface area (TPSA) is 28.4 Å². The van der Waals surface area contributed by atoms with E-state index in [9.17, 15) is 5.11 Å². The molecule has 0 spiro atoms. The Morgan fingerprint density at radius 3 is 1.70 bits per heavy atom. The third kappa shape index (κ3) is 4.02. The third-order valence-electron chi connectivity index (χ3n) is 7.58. The molecule has 2 aromatic carbocycles. The second-order valence-corrected chi connectivity index (χ2v) is 9.58. The van der Waals surface area contributed by atoms with Crippen molar-refractivity contribution in [1.29, 1.82) is 0 Å². The minimum Gasteiger partial charge on any atom is -0.390 e. The second-order valence-electron chi connectivity index (χ2n) is 9.58. The summed E-state index contributed by atoms with van der Waals surface area (Å²) in [7, 11) is 0. The van der Waals surface area contributed by atoms with E-state index in [2.05, 4.69) is 58.0 Å². The number of fused-ring (bicyclic) bond motifs is 3. The van der Waals surface area contributed by atoms with Crippen molar-refractivity contribution in [2.75, 3.05) is 6.54 Å².